The van der Waals surface area contributed by atoms with Gasteiger partial charge in [-0.25, -0.2) is 4.98 Å². The van der Waals surface area contributed by atoms with E-state index >= 15 is 0 Å². The molecule has 84 valence electrons. The summed E-state index contributed by atoms with van der Waals surface area (Å²) in [5.41, 5.74) is 1.51. The maximum absolute atomic E-state index is 9.06. The number of aromatic nitrogens is 1. The molecule has 3 heteroatoms. The van der Waals surface area contributed by atoms with Crippen LogP contribution in [0.25, 0.3) is 0 Å². The quantitative estimate of drug-likeness (QED) is 0.763. The minimum absolute atomic E-state index is 0.246. The van der Waals surface area contributed by atoms with Crippen LogP contribution in [0.2, 0.25) is 0 Å². The highest BCUT2D eigenvalue weighted by Gasteiger charge is 2.17. The molecule has 0 amide bonds. The Balaban J connectivity index is 2.14. The van der Waals surface area contributed by atoms with Crippen molar-refractivity contribution in [1.29, 1.82) is 5.26 Å². The van der Waals surface area contributed by atoms with Crippen molar-refractivity contribution < 1.29 is 4.74 Å². The molecule has 1 aliphatic rings. The smallest absolute Gasteiger partial charge is 0.232 e. The zero-order valence-corrected chi connectivity index (χ0v) is 9.57. The summed E-state index contributed by atoms with van der Waals surface area (Å²) in [5.74, 6) is 0.509. The minimum Gasteiger partial charge on any atom is -0.473 e. The first-order valence-corrected chi connectivity index (χ1v) is 5.83. The van der Waals surface area contributed by atoms with Gasteiger partial charge >= 0.3 is 0 Å². The molecule has 2 rings (SSSR count). The van der Waals surface area contributed by atoms with Crippen molar-refractivity contribution in [3.05, 3.63) is 23.4 Å². The Morgan fingerprint density at radius 1 is 1.38 bits per heavy atom. The Morgan fingerprint density at radius 3 is 2.81 bits per heavy atom. The van der Waals surface area contributed by atoms with Gasteiger partial charge in [0.1, 0.15) is 17.7 Å². The van der Waals surface area contributed by atoms with Gasteiger partial charge in [0.25, 0.3) is 0 Å². The highest BCUT2D eigenvalue weighted by molar-refractivity contribution is 5.43. The summed E-state index contributed by atoms with van der Waals surface area (Å²) in [7, 11) is 0. The molecule has 1 aromatic rings. The zero-order valence-electron chi connectivity index (χ0n) is 9.57. The van der Waals surface area contributed by atoms with Gasteiger partial charge in [0, 0.05) is 6.20 Å². The van der Waals surface area contributed by atoms with Crippen LogP contribution < -0.4 is 4.74 Å². The predicted octanol–water partition coefficient (Wildman–Crippen LogP) is 2.97. The molecule has 1 fully saturated rings. The van der Waals surface area contributed by atoms with Crippen molar-refractivity contribution >= 4 is 0 Å². The monoisotopic (exact) mass is 216 g/mol. The van der Waals surface area contributed by atoms with E-state index in [1.807, 2.05) is 13.0 Å². The average Bonchev–Trinajstić information content (AvgIpc) is 2.31. The summed E-state index contributed by atoms with van der Waals surface area (Å²) < 4.78 is 5.82. The Kier molecular flexibility index (Phi) is 3.40. The molecule has 1 saturated carbocycles. The molecule has 0 spiro atoms. The van der Waals surface area contributed by atoms with Crippen molar-refractivity contribution in [2.75, 3.05) is 0 Å². The van der Waals surface area contributed by atoms with Crippen LogP contribution in [0.5, 0.6) is 5.88 Å². The molecule has 0 saturated heterocycles. The Labute approximate surface area is 96.1 Å². The van der Waals surface area contributed by atoms with E-state index < -0.39 is 0 Å². The van der Waals surface area contributed by atoms with E-state index in [-0.39, 0.29) is 6.10 Å². The van der Waals surface area contributed by atoms with Crippen LogP contribution in [-0.4, -0.2) is 11.1 Å². The molecule has 0 atom stereocenters. The molecule has 0 radical (unpaired) electrons. The highest BCUT2D eigenvalue weighted by Crippen LogP contribution is 2.25. The largest absolute Gasteiger partial charge is 0.473 e. The third-order valence-electron chi connectivity index (χ3n) is 3.07. The first-order chi connectivity index (χ1) is 7.81. The van der Waals surface area contributed by atoms with Crippen molar-refractivity contribution in [2.45, 2.75) is 45.1 Å². The van der Waals surface area contributed by atoms with E-state index in [1.165, 1.54) is 19.3 Å². The number of hydrogen-bond donors (Lipinski definition) is 0. The van der Waals surface area contributed by atoms with Crippen LogP contribution in [0, 0.1) is 18.3 Å². The first kappa shape index (κ1) is 10.9. The van der Waals surface area contributed by atoms with Gasteiger partial charge in [-0.2, -0.15) is 5.26 Å². The number of ether oxygens (including phenoxy) is 1. The lowest BCUT2D eigenvalue weighted by molar-refractivity contribution is 0.148. The van der Waals surface area contributed by atoms with Gasteiger partial charge in [0.2, 0.25) is 5.88 Å². The Hall–Kier alpha value is -1.56. The number of aryl methyl sites for hydroxylation is 1. The summed E-state index contributed by atoms with van der Waals surface area (Å²) in [6.45, 7) is 1.91. The number of hydrogen-bond acceptors (Lipinski definition) is 3. The maximum atomic E-state index is 9.06. The third kappa shape index (κ3) is 2.33. The minimum atomic E-state index is 0.246. The maximum Gasteiger partial charge on any atom is 0.232 e. The van der Waals surface area contributed by atoms with Gasteiger partial charge in [-0.05, 0) is 44.2 Å². The molecule has 3 nitrogen and oxygen atoms in total. The van der Waals surface area contributed by atoms with Gasteiger partial charge in [0.05, 0.1) is 0 Å². The molecule has 0 bridgehead atoms. The topological polar surface area (TPSA) is 45.9 Å². The van der Waals surface area contributed by atoms with Gasteiger partial charge in [0.15, 0.2) is 0 Å². The fourth-order valence-corrected chi connectivity index (χ4v) is 2.10. The molecular weight excluding hydrogens is 200 g/mol. The lowest BCUT2D eigenvalue weighted by Gasteiger charge is -2.22. The first-order valence-electron chi connectivity index (χ1n) is 5.83. The van der Waals surface area contributed by atoms with E-state index in [9.17, 15) is 0 Å². The summed E-state index contributed by atoms with van der Waals surface area (Å²) in [5, 5.41) is 9.06. The number of pyridine rings is 1. The number of nitrogens with zero attached hydrogens (tertiary/aromatic N) is 2. The summed E-state index contributed by atoms with van der Waals surface area (Å²) in [4.78, 5) is 4.16. The van der Waals surface area contributed by atoms with Gasteiger partial charge < -0.3 is 4.74 Å². The fourth-order valence-electron chi connectivity index (χ4n) is 2.10. The standard InChI is InChI=1S/C13H16N2O/c1-10-7-8-15-13(12(10)9-14)16-11-5-3-2-4-6-11/h7-8,11H,2-6H2,1H3. The molecule has 1 aliphatic carbocycles. The second-order valence-corrected chi connectivity index (χ2v) is 4.30. The Bertz CT molecular complexity index is 403. The SMILES string of the molecule is Cc1ccnc(OC2CCCCC2)c1C#N. The van der Waals surface area contributed by atoms with Crippen LogP contribution in [0.1, 0.15) is 43.2 Å². The average molecular weight is 216 g/mol. The zero-order chi connectivity index (χ0) is 11.4. The van der Waals surface area contributed by atoms with Crippen molar-refractivity contribution in [1.82, 2.24) is 4.98 Å². The summed E-state index contributed by atoms with van der Waals surface area (Å²) in [6.07, 6.45) is 7.85. The number of nitriles is 1. The second-order valence-electron chi connectivity index (χ2n) is 4.30. The molecule has 1 aromatic heterocycles. The van der Waals surface area contributed by atoms with E-state index in [0.717, 1.165) is 18.4 Å². The second kappa shape index (κ2) is 4.98. The Morgan fingerprint density at radius 2 is 2.12 bits per heavy atom. The van der Waals surface area contributed by atoms with Crippen LogP contribution in [0.4, 0.5) is 0 Å². The lowest BCUT2D eigenvalue weighted by atomic mass is 9.98. The van der Waals surface area contributed by atoms with E-state index in [1.54, 1.807) is 6.20 Å². The van der Waals surface area contributed by atoms with Gasteiger partial charge in [-0.15, -0.1) is 0 Å². The highest BCUT2D eigenvalue weighted by atomic mass is 16.5. The van der Waals surface area contributed by atoms with Crippen molar-refractivity contribution in [3.63, 3.8) is 0 Å². The van der Waals surface area contributed by atoms with Crippen LogP contribution in [-0.2, 0) is 0 Å². The molecular formula is C13H16N2O. The van der Waals surface area contributed by atoms with Crippen molar-refractivity contribution in [3.8, 4) is 11.9 Å². The van der Waals surface area contributed by atoms with E-state index in [4.69, 9.17) is 10.00 Å². The van der Waals surface area contributed by atoms with Crippen LogP contribution in [0.15, 0.2) is 12.3 Å². The number of rotatable bonds is 2. The fraction of sp³-hybridized carbons (Fsp3) is 0.538. The van der Waals surface area contributed by atoms with Crippen LogP contribution >= 0.6 is 0 Å². The molecule has 0 aromatic carbocycles. The summed E-state index contributed by atoms with van der Waals surface area (Å²) in [6, 6.07) is 4.01. The third-order valence-corrected chi connectivity index (χ3v) is 3.07. The van der Waals surface area contributed by atoms with Crippen molar-refractivity contribution in [2.24, 2.45) is 0 Å². The molecule has 0 N–H and O–H groups in total. The normalized spacial score (nSPS) is 16.8. The van der Waals surface area contributed by atoms with Gasteiger partial charge in [-0.3, -0.25) is 0 Å². The van der Waals surface area contributed by atoms with Crippen LogP contribution in [0.3, 0.4) is 0 Å². The molecule has 0 aliphatic heterocycles. The van der Waals surface area contributed by atoms with Gasteiger partial charge in [-0.1, -0.05) is 6.42 Å². The molecule has 16 heavy (non-hydrogen) atoms. The predicted molar refractivity (Wildman–Crippen MR) is 61.2 cm³/mol. The van der Waals surface area contributed by atoms with E-state index in [2.05, 4.69) is 11.1 Å². The summed E-state index contributed by atoms with van der Waals surface area (Å²) >= 11 is 0. The van der Waals surface area contributed by atoms with E-state index in [0.29, 0.717) is 11.4 Å². The molecule has 1 heterocycles. The molecule has 0 unspecified atom stereocenters. The lowest BCUT2D eigenvalue weighted by Crippen LogP contribution is -2.20.